The summed E-state index contributed by atoms with van der Waals surface area (Å²) in [6, 6.07) is 10.7. The summed E-state index contributed by atoms with van der Waals surface area (Å²) >= 11 is 11.6. The van der Waals surface area contributed by atoms with Gasteiger partial charge in [0.1, 0.15) is 5.82 Å². The largest absolute Gasteiger partial charge is 0.452 e. The Bertz CT molecular complexity index is 773. The van der Waals surface area contributed by atoms with Crippen LogP contribution in [0.15, 0.2) is 48.5 Å². The number of anilines is 1. The highest BCUT2D eigenvalue weighted by Crippen LogP contribution is 2.20. The molecule has 1 N–H and O–H groups in total. The van der Waals surface area contributed by atoms with E-state index in [2.05, 4.69) is 5.32 Å². The number of esters is 1. The molecule has 0 aliphatic heterocycles. The highest BCUT2D eigenvalue weighted by molar-refractivity contribution is 6.32. The van der Waals surface area contributed by atoms with Gasteiger partial charge in [0, 0.05) is 22.3 Å². The maximum Gasteiger partial charge on any atom is 0.331 e. The van der Waals surface area contributed by atoms with E-state index < -0.39 is 24.3 Å². The average molecular weight is 368 g/mol. The molecule has 2 aromatic rings. The van der Waals surface area contributed by atoms with Crippen LogP contribution >= 0.6 is 23.2 Å². The maximum absolute atomic E-state index is 13.5. The molecule has 24 heavy (non-hydrogen) atoms. The number of nitrogens with one attached hydrogen (secondary N) is 1. The second-order valence-corrected chi connectivity index (χ2v) is 5.48. The summed E-state index contributed by atoms with van der Waals surface area (Å²) < 4.78 is 18.3. The number of amides is 1. The first kappa shape index (κ1) is 18.0. The van der Waals surface area contributed by atoms with Crippen LogP contribution in [0.1, 0.15) is 5.56 Å². The number of carbonyl (C=O) groups is 2. The van der Waals surface area contributed by atoms with Crippen LogP contribution in [-0.4, -0.2) is 18.5 Å². The lowest BCUT2D eigenvalue weighted by Gasteiger charge is -2.05. The van der Waals surface area contributed by atoms with E-state index in [1.807, 2.05) is 0 Å². The zero-order valence-electron chi connectivity index (χ0n) is 12.3. The summed E-state index contributed by atoms with van der Waals surface area (Å²) in [6.07, 6.45) is 2.19. The summed E-state index contributed by atoms with van der Waals surface area (Å²) in [7, 11) is 0. The zero-order chi connectivity index (χ0) is 17.5. The van der Waals surface area contributed by atoms with Crippen molar-refractivity contribution in [2.45, 2.75) is 0 Å². The Morgan fingerprint density at radius 1 is 1.17 bits per heavy atom. The predicted octanol–water partition coefficient (Wildman–Crippen LogP) is 4.33. The van der Waals surface area contributed by atoms with Crippen molar-refractivity contribution in [3.05, 3.63) is 70.0 Å². The van der Waals surface area contributed by atoms with Crippen LogP contribution in [0.5, 0.6) is 0 Å². The van der Waals surface area contributed by atoms with E-state index in [1.54, 1.807) is 24.3 Å². The molecule has 0 fully saturated rings. The van der Waals surface area contributed by atoms with Crippen molar-refractivity contribution < 1.29 is 18.7 Å². The first-order valence-corrected chi connectivity index (χ1v) is 7.55. The molecule has 0 aliphatic carbocycles. The fourth-order valence-corrected chi connectivity index (χ4v) is 2.19. The lowest BCUT2D eigenvalue weighted by Crippen LogP contribution is -2.20. The molecule has 0 heterocycles. The monoisotopic (exact) mass is 367 g/mol. The van der Waals surface area contributed by atoms with Gasteiger partial charge in [0.05, 0.1) is 5.02 Å². The summed E-state index contributed by atoms with van der Waals surface area (Å²) in [6.45, 7) is -0.485. The zero-order valence-corrected chi connectivity index (χ0v) is 13.8. The van der Waals surface area contributed by atoms with E-state index in [1.165, 1.54) is 24.3 Å². The second-order valence-electron chi connectivity index (χ2n) is 4.63. The van der Waals surface area contributed by atoms with E-state index in [0.717, 1.165) is 6.08 Å². The van der Waals surface area contributed by atoms with Gasteiger partial charge in [0.25, 0.3) is 5.91 Å². The minimum absolute atomic E-state index is 0.0690. The summed E-state index contributed by atoms with van der Waals surface area (Å²) in [5, 5.41) is 3.16. The number of halogens is 3. The third-order valence-corrected chi connectivity index (χ3v) is 3.40. The summed E-state index contributed by atoms with van der Waals surface area (Å²) in [4.78, 5) is 23.2. The molecule has 0 bridgehead atoms. The fraction of sp³-hybridized carbons (Fsp3) is 0.0588. The van der Waals surface area contributed by atoms with Crippen molar-refractivity contribution >= 4 is 46.8 Å². The Labute approximate surface area is 147 Å². The van der Waals surface area contributed by atoms with Crippen LogP contribution in [0.2, 0.25) is 10.0 Å². The Morgan fingerprint density at radius 2 is 1.92 bits per heavy atom. The van der Waals surface area contributed by atoms with Crippen molar-refractivity contribution in [3.8, 4) is 0 Å². The van der Waals surface area contributed by atoms with Crippen molar-refractivity contribution in [3.63, 3.8) is 0 Å². The predicted molar refractivity (Wildman–Crippen MR) is 91.5 cm³/mol. The molecular weight excluding hydrogens is 356 g/mol. The highest BCUT2D eigenvalue weighted by Gasteiger charge is 2.07. The summed E-state index contributed by atoms with van der Waals surface area (Å²) in [5.74, 6) is -1.89. The van der Waals surface area contributed by atoms with Gasteiger partial charge < -0.3 is 10.1 Å². The number of ether oxygens (including phenoxy) is 1. The second kappa shape index (κ2) is 8.47. The van der Waals surface area contributed by atoms with Crippen LogP contribution in [0.3, 0.4) is 0 Å². The topological polar surface area (TPSA) is 55.4 Å². The number of hydrogen-bond acceptors (Lipinski definition) is 3. The normalized spacial score (nSPS) is 10.6. The van der Waals surface area contributed by atoms with Gasteiger partial charge in [-0.25, -0.2) is 9.18 Å². The molecule has 7 heteroatoms. The van der Waals surface area contributed by atoms with Crippen molar-refractivity contribution in [2.24, 2.45) is 0 Å². The lowest BCUT2D eigenvalue weighted by molar-refractivity contribution is -0.142. The molecule has 0 unspecified atom stereocenters. The molecule has 1 amide bonds. The lowest BCUT2D eigenvalue weighted by atomic mass is 10.2. The third kappa shape index (κ3) is 5.37. The van der Waals surface area contributed by atoms with E-state index in [0.29, 0.717) is 10.7 Å². The quantitative estimate of drug-likeness (QED) is 0.632. The summed E-state index contributed by atoms with van der Waals surface area (Å²) in [5.41, 5.74) is 0.553. The minimum Gasteiger partial charge on any atom is -0.452 e. The molecule has 4 nitrogen and oxygen atoms in total. The number of benzene rings is 2. The van der Waals surface area contributed by atoms with Crippen LogP contribution < -0.4 is 5.32 Å². The van der Waals surface area contributed by atoms with Gasteiger partial charge in [0.15, 0.2) is 6.61 Å². The van der Waals surface area contributed by atoms with Crippen molar-refractivity contribution in [1.82, 2.24) is 0 Å². The van der Waals surface area contributed by atoms with Gasteiger partial charge in [-0.2, -0.15) is 0 Å². The number of carbonyl (C=O) groups excluding carboxylic acids is 2. The molecule has 2 aromatic carbocycles. The van der Waals surface area contributed by atoms with Gasteiger partial charge in [-0.1, -0.05) is 35.3 Å². The standard InChI is InChI=1S/C17H12Cl2FNO3/c18-11-3-1-4-12(9-11)21-16(22)10-24-17(23)8-7-13-14(19)5-2-6-15(13)20/h1-9H,10H2,(H,21,22)/b8-7+. The SMILES string of the molecule is O=C(COC(=O)/C=C/c1c(F)cccc1Cl)Nc1cccc(Cl)c1. The Morgan fingerprint density at radius 3 is 2.62 bits per heavy atom. The minimum atomic E-state index is -0.796. The van der Waals surface area contributed by atoms with Gasteiger partial charge in [-0.15, -0.1) is 0 Å². The molecule has 0 saturated carbocycles. The molecular formula is C17H12Cl2FNO3. The third-order valence-electron chi connectivity index (χ3n) is 2.84. The van der Waals surface area contributed by atoms with Gasteiger partial charge in [-0.3, -0.25) is 4.79 Å². The molecule has 2 rings (SSSR count). The Kier molecular flexibility index (Phi) is 6.35. The first-order valence-electron chi connectivity index (χ1n) is 6.80. The Balaban J connectivity index is 1.86. The highest BCUT2D eigenvalue weighted by atomic mass is 35.5. The van der Waals surface area contributed by atoms with E-state index in [4.69, 9.17) is 27.9 Å². The molecule has 124 valence electrons. The van der Waals surface area contributed by atoms with Gasteiger partial charge in [-0.05, 0) is 36.4 Å². The van der Waals surface area contributed by atoms with E-state index in [-0.39, 0.29) is 10.6 Å². The van der Waals surface area contributed by atoms with E-state index >= 15 is 0 Å². The van der Waals surface area contributed by atoms with Crippen LogP contribution in [0.25, 0.3) is 6.08 Å². The van der Waals surface area contributed by atoms with Crippen LogP contribution in [0, 0.1) is 5.82 Å². The molecule has 0 spiro atoms. The van der Waals surface area contributed by atoms with Crippen molar-refractivity contribution in [2.75, 3.05) is 11.9 Å². The average Bonchev–Trinajstić information content (AvgIpc) is 2.52. The number of hydrogen-bond donors (Lipinski definition) is 1. The van der Waals surface area contributed by atoms with Gasteiger partial charge in [0.2, 0.25) is 0 Å². The molecule has 0 atom stereocenters. The van der Waals surface area contributed by atoms with Gasteiger partial charge >= 0.3 is 5.97 Å². The maximum atomic E-state index is 13.5. The van der Waals surface area contributed by atoms with Crippen LogP contribution in [-0.2, 0) is 14.3 Å². The molecule has 0 radical (unpaired) electrons. The van der Waals surface area contributed by atoms with Crippen LogP contribution in [0.4, 0.5) is 10.1 Å². The molecule has 0 aromatic heterocycles. The van der Waals surface area contributed by atoms with Crippen molar-refractivity contribution in [1.29, 1.82) is 0 Å². The number of rotatable bonds is 5. The smallest absolute Gasteiger partial charge is 0.331 e. The Hall–Kier alpha value is -2.37. The van der Waals surface area contributed by atoms with E-state index in [9.17, 15) is 14.0 Å². The fourth-order valence-electron chi connectivity index (χ4n) is 1.77. The molecule has 0 aliphatic rings. The first-order chi connectivity index (χ1) is 11.5. The molecule has 0 saturated heterocycles.